The van der Waals surface area contributed by atoms with E-state index in [2.05, 4.69) is 0 Å². The van der Waals surface area contributed by atoms with Crippen LogP contribution in [0.1, 0.15) is 23.0 Å². The first-order valence-electron chi connectivity index (χ1n) is 7.62. The highest BCUT2D eigenvalue weighted by molar-refractivity contribution is 7.89. The van der Waals surface area contributed by atoms with Crippen molar-refractivity contribution < 1.29 is 17.9 Å². The van der Waals surface area contributed by atoms with Crippen LogP contribution in [-0.2, 0) is 14.8 Å². The smallest absolute Gasteiger partial charge is 0.349 e. The van der Waals surface area contributed by atoms with Crippen LogP contribution in [0.25, 0.3) is 10.1 Å². The molecule has 1 atom stereocenters. The number of nitrogens with zero attached hydrogens (tertiary/aromatic N) is 1. The molecule has 1 aromatic heterocycles. The Kier molecular flexibility index (Phi) is 4.41. The summed E-state index contributed by atoms with van der Waals surface area (Å²) in [6, 6.07) is 7.11. The Morgan fingerprint density at radius 3 is 2.75 bits per heavy atom. The summed E-state index contributed by atoms with van der Waals surface area (Å²) in [7, 11) is -2.55. The van der Waals surface area contributed by atoms with Gasteiger partial charge < -0.3 is 10.5 Å². The summed E-state index contributed by atoms with van der Waals surface area (Å²) in [5, 5.41) is 0.559. The summed E-state index contributed by atoms with van der Waals surface area (Å²) in [6.45, 7) is 3.17. The number of esters is 1. The molecule has 24 heavy (non-hydrogen) atoms. The minimum absolute atomic E-state index is 0.0521. The quantitative estimate of drug-likeness (QED) is 0.834. The Bertz CT molecular complexity index is 891. The summed E-state index contributed by atoms with van der Waals surface area (Å²) in [6.07, 6.45) is 0.707. The van der Waals surface area contributed by atoms with Crippen molar-refractivity contribution in [3.05, 3.63) is 29.1 Å². The van der Waals surface area contributed by atoms with Gasteiger partial charge in [0, 0.05) is 23.2 Å². The molecule has 0 amide bonds. The maximum absolute atomic E-state index is 13.2. The monoisotopic (exact) mass is 368 g/mol. The zero-order valence-corrected chi connectivity index (χ0v) is 15.2. The van der Waals surface area contributed by atoms with Gasteiger partial charge in [0.25, 0.3) is 0 Å². The van der Waals surface area contributed by atoms with Crippen LogP contribution in [0.4, 0.5) is 0 Å². The van der Waals surface area contributed by atoms with Crippen molar-refractivity contribution in [2.24, 2.45) is 11.1 Å². The highest BCUT2D eigenvalue weighted by Gasteiger charge is 2.41. The maximum atomic E-state index is 13.2. The second-order valence-electron chi connectivity index (χ2n) is 6.35. The van der Waals surface area contributed by atoms with Gasteiger partial charge in [0.15, 0.2) is 0 Å². The van der Waals surface area contributed by atoms with Crippen molar-refractivity contribution in [1.29, 1.82) is 0 Å². The number of thiophene rings is 1. The molecule has 2 heterocycles. The molecule has 0 bridgehead atoms. The van der Waals surface area contributed by atoms with Gasteiger partial charge in [-0.25, -0.2) is 13.2 Å². The van der Waals surface area contributed by atoms with Gasteiger partial charge in [-0.3, -0.25) is 0 Å². The highest BCUT2D eigenvalue weighted by Crippen LogP contribution is 2.39. The molecular formula is C16H20N2O4S2. The topological polar surface area (TPSA) is 89.7 Å². The lowest BCUT2D eigenvalue weighted by atomic mass is 9.90. The molecule has 2 aromatic rings. The molecular weight excluding hydrogens is 348 g/mol. The van der Waals surface area contributed by atoms with E-state index in [0.29, 0.717) is 31.4 Å². The molecule has 1 aromatic carbocycles. The van der Waals surface area contributed by atoms with Crippen molar-refractivity contribution in [1.82, 2.24) is 4.31 Å². The lowest BCUT2D eigenvalue weighted by Crippen LogP contribution is -2.35. The molecule has 0 saturated carbocycles. The predicted octanol–water partition coefficient (Wildman–Crippen LogP) is 2.05. The minimum atomic E-state index is -3.80. The van der Waals surface area contributed by atoms with E-state index in [4.69, 9.17) is 10.5 Å². The van der Waals surface area contributed by atoms with Crippen molar-refractivity contribution in [2.45, 2.75) is 18.2 Å². The molecule has 0 aliphatic carbocycles. The van der Waals surface area contributed by atoms with E-state index in [1.807, 2.05) is 13.0 Å². The van der Waals surface area contributed by atoms with Crippen LogP contribution >= 0.6 is 11.3 Å². The average molecular weight is 368 g/mol. The normalized spacial score (nSPS) is 22.1. The van der Waals surface area contributed by atoms with Gasteiger partial charge in [-0.1, -0.05) is 25.1 Å². The van der Waals surface area contributed by atoms with Crippen LogP contribution in [0.5, 0.6) is 0 Å². The Morgan fingerprint density at radius 2 is 2.12 bits per heavy atom. The van der Waals surface area contributed by atoms with Crippen LogP contribution < -0.4 is 5.73 Å². The number of nitrogens with two attached hydrogens (primary N) is 1. The van der Waals surface area contributed by atoms with Gasteiger partial charge in [-0.2, -0.15) is 4.31 Å². The number of hydrogen-bond acceptors (Lipinski definition) is 6. The first kappa shape index (κ1) is 17.3. The number of fused-ring (bicyclic) bond motifs is 1. The first-order valence-corrected chi connectivity index (χ1v) is 9.88. The van der Waals surface area contributed by atoms with Gasteiger partial charge >= 0.3 is 5.97 Å². The summed E-state index contributed by atoms with van der Waals surface area (Å²) >= 11 is 1.14. The van der Waals surface area contributed by atoms with Gasteiger partial charge in [-0.05, 0) is 24.4 Å². The van der Waals surface area contributed by atoms with Gasteiger partial charge in [0.1, 0.15) is 9.77 Å². The van der Waals surface area contributed by atoms with Crippen LogP contribution in [0, 0.1) is 5.41 Å². The molecule has 0 radical (unpaired) electrons. The third-order valence-electron chi connectivity index (χ3n) is 4.53. The number of sulfonamides is 1. The largest absolute Gasteiger partial charge is 0.465 e. The van der Waals surface area contributed by atoms with Crippen LogP contribution in [0.2, 0.25) is 0 Å². The SMILES string of the molecule is COC(=O)c1sc2ccccc2c1S(=O)(=O)N1CCC(C)(CN)C1. The Hall–Kier alpha value is -1.48. The minimum Gasteiger partial charge on any atom is -0.465 e. The molecule has 1 aliphatic rings. The van der Waals surface area contributed by atoms with Crippen LogP contribution in [-0.4, -0.2) is 45.4 Å². The number of rotatable bonds is 4. The van der Waals surface area contributed by atoms with Crippen molar-refractivity contribution >= 4 is 37.4 Å². The van der Waals surface area contributed by atoms with E-state index in [1.54, 1.807) is 18.2 Å². The van der Waals surface area contributed by atoms with E-state index < -0.39 is 16.0 Å². The van der Waals surface area contributed by atoms with E-state index in [-0.39, 0.29) is 15.2 Å². The standard InChI is InChI=1S/C16H20N2O4S2/c1-16(9-17)7-8-18(10-16)24(20,21)14-11-5-3-4-6-12(11)23-13(14)15(19)22-2/h3-6H,7-10,17H2,1-2H3. The maximum Gasteiger partial charge on any atom is 0.349 e. The summed E-state index contributed by atoms with van der Waals surface area (Å²) in [5.41, 5.74) is 5.56. The molecule has 2 N–H and O–H groups in total. The molecule has 1 saturated heterocycles. The fourth-order valence-electron chi connectivity index (χ4n) is 2.98. The number of hydrogen-bond donors (Lipinski definition) is 1. The zero-order chi connectivity index (χ0) is 17.5. The fraction of sp³-hybridized carbons (Fsp3) is 0.438. The average Bonchev–Trinajstić information content (AvgIpc) is 3.16. The molecule has 8 heteroatoms. The summed E-state index contributed by atoms with van der Waals surface area (Å²) < 4.78 is 33.5. The number of carbonyl (C=O) groups is 1. The summed E-state index contributed by atoms with van der Waals surface area (Å²) in [5.74, 6) is -0.629. The van der Waals surface area contributed by atoms with Crippen molar-refractivity contribution in [3.63, 3.8) is 0 Å². The molecule has 130 valence electrons. The third kappa shape index (κ3) is 2.73. The molecule has 0 spiro atoms. The van der Waals surface area contributed by atoms with Crippen LogP contribution in [0.15, 0.2) is 29.2 Å². The number of methoxy groups -OCH3 is 1. The molecule has 3 rings (SSSR count). The lowest BCUT2D eigenvalue weighted by Gasteiger charge is -2.22. The van der Waals surface area contributed by atoms with Crippen LogP contribution in [0.3, 0.4) is 0 Å². The molecule has 6 nitrogen and oxygen atoms in total. The predicted molar refractivity (Wildman–Crippen MR) is 93.7 cm³/mol. The first-order chi connectivity index (χ1) is 11.3. The highest BCUT2D eigenvalue weighted by atomic mass is 32.2. The van der Waals surface area contributed by atoms with E-state index in [0.717, 1.165) is 16.0 Å². The molecule has 1 unspecified atom stereocenters. The number of benzene rings is 1. The molecule has 1 aliphatic heterocycles. The second-order valence-corrected chi connectivity index (χ2v) is 9.28. The van der Waals surface area contributed by atoms with Crippen molar-refractivity contribution in [3.8, 4) is 0 Å². The van der Waals surface area contributed by atoms with E-state index in [1.165, 1.54) is 11.4 Å². The van der Waals surface area contributed by atoms with Crippen molar-refractivity contribution in [2.75, 3.05) is 26.7 Å². The van der Waals surface area contributed by atoms with Gasteiger partial charge in [0.2, 0.25) is 10.0 Å². The second kappa shape index (κ2) is 6.11. The fourth-order valence-corrected chi connectivity index (χ4v) is 6.35. The lowest BCUT2D eigenvalue weighted by molar-refractivity contribution is 0.0602. The molecule has 1 fully saturated rings. The van der Waals surface area contributed by atoms with E-state index >= 15 is 0 Å². The number of carbonyl (C=O) groups excluding carboxylic acids is 1. The van der Waals surface area contributed by atoms with Gasteiger partial charge in [-0.15, -0.1) is 11.3 Å². The Balaban J connectivity index is 2.16. The third-order valence-corrected chi connectivity index (χ3v) is 7.75. The Labute approximate surface area is 145 Å². The number of ether oxygens (including phenoxy) is 1. The van der Waals surface area contributed by atoms with E-state index in [9.17, 15) is 13.2 Å². The Morgan fingerprint density at radius 1 is 1.42 bits per heavy atom. The van der Waals surface area contributed by atoms with Gasteiger partial charge in [0.05, 0.1) is 7.11 Å². The zero-order valence-electron chi connectivity index (χ0n) is 13.6. The summed E-state index contributed by atoms with van der Waals surface area (Å²) in [4.78, 5) is 12.3.